The molecule has 2 heterocycles. The third-order valence-corrected chi connectivity index (χ3v) is 7.65. The number of aromatic nitrogens is 2. The monoisotopic (exact) mass is 506 g/mol. The molecule has 1 aromatic heterocycles. The SMILES string of the molecule is CC(C)(C)c1ccc(-c2nc(SC[C@H]3C[C@@](C)(O)CC(=O)O3)[nH]c2-c2ccc(C(C)(C)C)cc2)cc1. The normalized spacial score (nSPS) is 20.9. The minimum Gasteiger partial charge on any atom is -0.461 e. The van der Waals surface area contributed by atoms with Crippen molar-refractivity contribution in [3.63, 3.8) is 0 Å². The van der Waals surface area contributed by atoms with E-state index >= 15 is 0 Å². The van der Waals surface area contributed by atoms with Gasteiger partial charge in [0.2, 0.25) is 0 Å². The van der Waals surface area contributed by atoms with Gasteiger partial charge in [-0.15, -0.1) is 0 Å². The van der Waals surface area contributed by atoms with E-state index in [1.807, 2.05) is 0 Å². The summed E-state index contributed by atoms with van der Waals surface area (Å²) in [7, 11) is 0. The molecule has 4 rings (SSSR count). The molecule has 0 saturated carbocycles. The number of carbonyl (C=O) groups excluding carboxylic acids is 1. The van der Waals surface area contributed by atoms with Crippen LogP contribution in [0.3, 0.4) is 0 Å². The molecule has 5 nitrogen and oxygen atoms in total. The number of rotatable bonds is 5. The Morgan fingerprint density at radius 1 is 0.972 bits per heavy atom. The van der Waals surface area contributed by atoms with E-state index in [4.69, 9.17) is 9.72 Å². The van der Waals surface area contributed by atoms with Gasteiger partial charge in [-0.2, -0.15) is 0 Å². The standard InChI is InChI=1S/C30H38N2O3S/c1-28(2,3)21-12-8-19(9-13-21)25-26(20-10-14-22(15-11-20)29(4,5)6)32-27(31-25)36-18-23-16-30(7,34)17-24(33)35-23/h8-15,23,34H,16-18H2,1-7H3,(H,31,32)/t23-,30-/m1/s1. The number of hydrogen-bond acceptors (Lipinski definition) is 5. The zero-order valence-electron chi connectivity index (χ0n) is 22.4. The fourth-order valence-electron chi connectivity index (χ4n) is 4.51. The van der Waals surface area contributed by atoms with Crippen molar-refractivity contribution in [3.8, 4) is 22.5 Å². The first-order chi connectivity index (χ1) is 16.7. The Morgan fingerprint density at radius 3 is 2.00 bits per heavy atom. The van der Waals surface area contributed by atoms with Gasteiger partial charge in [0.25, 0.3) is 0 Å². The molecule has 1 fully saturated rings. The lowest BCUT2D eigenvalue weighted by molar-refractivity contribution is -0.165. The lowest BCUT2D eigenvalue weighted by Gasteiger charge is -2.32. The van der Waals surface area contributed by atoms with Crippen LogP contribution in [0.15, 0.2) is 53.7 Å². The highest BCUT2D eigenvalue weighted by molar-refractivity contribution is 7.99. The zero-order valence-corrected chi connectivity index (χ0v) is 23.3. The largest absolute Gasteiger partial charge is 0.461 e. The fourth-order valence-corrected chi connectivity index (χ4v) is 5.37. The van der Waals surface area contributed by atoms with Gasteiger partial charge >= 0.3 is 5.97 Å². The van der Waals surface area contributed by atoms with Gasteiger partial charge in [0, 0.05) is 23.3 Å². The van der Waals surface area contributed by atoms with Gasteiger partial charge in [0.1, 0.15) is 6.10 Å². The molecular formula is C30H38N2O3S. The van der Waals surface area contributed by atoms with Crippen LogP contribution in [0.2, 0.25) is 0 Å². The van der Waals surface area contributed by atoms with E-state index in [0.717, 1.165) is 27.7 Å². The van der Waals surface area contributed by atoms with Crippen LogP contribution in [-0.4, -0.2) is 38.5 Å². The number of nitrogens with zero attached hydrogens (tertiary/aromatic N) is 1. The molecule has 3 aromatic rings. The summed E-state index contributed by atoms with van der Waals surface area (Å²) in [5.41, 5.74) is 5.68. The Bertz CT molecular complexity index is 1140. The number of aliphatic hydroxyl groups is 1. The molecular weight excluding hydrogens is 468 g/mol. The van der Waals surface area contributed by atoms with Crippen molar-refractivity contribution in [3.05, 3.63) is 59.7 Å². The van der Waals surface area contributed by atoms with E-state index in [1.54, 1.807) is 6.92 Å². The summed E-state index contributed by atoms with van der Waals surface area (Å²) in [4.78, 5) is 20.4. The summed E-state index contributed by atoms with van der Waals surface area (Å²) in [5, 5.41) is 11.1. The van der Waals surface area contributed by atoms with Crippen molar-refractivity contribution in [1.29, 1.82) is 0 Å². The fraction of sp³-hybridized carbons (Fsp3) is 0.467. The highest BCUT2D eigenvalue weighted by Gasteiger charge is 2.36. The van der Waals surface area contributed by atoms with Crippen LogP contribution in [-0.2, 0) is 20.4 Å². The molecule has 192 valence electrons. The van der Waals surface area contributed by atoms with Crippen molar-refractivity contribution < 1.29 is 14.6 Å². The highest BCUT2D eigenvalue weighted by Crippen LogP contribution is 2.36. The van der Waals surface area contributed by atoms with Crippen LogP contribution in [0.1, 0.15) is 72.4 Å². The Hall–Kier alpha value is -2.57. The summed E-state index contributed by atoms with van der Waals surface area (Å²) in [6, 6.07) is 17.3. The van der Waals surface area contributed by atoms with Gasteiger partial charge in [-0.1, -0.05) is 102 Å². The van der Waals surface area contributed by atoms with Gasteiger partial charge in [0.15, 0.2) is 5.16 Å². The quantitative estimate of drug-likeness (QED) is 0.291. The second-order valence-electron chi connectivity index (χ2n) is 12.2. The van der Waals surface area contributed by atoms with Crippen LogP contribution in [0.4, 0.5) is 0 Å². The smallest absolute Gasteiger partial charge is 0.309 e. The first-order valence-electron chi connectivity index (χ1n) is 12.6. The number of esters is 1. The summed E-state index contributed by atoms with van der Waals surface area (Å²) in [6.07, 6.45) is 0.118. The van der Waals surface area contributed by atoms with Crippen LogP contribution in [0, 0.1) is 0 Å². The Kier molecular flexibility index (Phi) is 7.15. The molecule has 1 aliphatic rings. The number of ether oxygens (including phenoxy) is 1. The summed E-state index contributed by atoms with van der Waals surface area (Å²) in [6.45, 7) is 15.0. The topological polar surface area (TPSA) is 75.2 Å². The predicted molar refractivity (Wildman–Crippen MR) is 147 cm³/mol. The average molecular weight is 507 g/mol. The lowest BCUT2D eigenvalue weighted by atomic mass is 9.86. The van der Waals surface area contributed by atoms with Crippen molar-refractivity contribution in [2.24, 2.45) is 0 Å². The molecule has 36 heavy (non-hydrogen) atoms. The maximum absolute atomic E-state index is 11.9. The van der Waals surface area contributed by atoms with Gasteiger partial charge in [-0.05, 0) is 28.9 Å². The molecule has 0 bridgehead atoms. The van der Waals surface area contributed by atoms with Crippen LogP contribution < -0.4 is 0 Å². The first-order valence-corrected chi connectivity index (χ1v) is 13.6. The third kappa shape index (κ3) is 6.22. The highest BCUT2D eigenvalue weighted by atomic mass is 32.2. The van der Waals surface area contributed by atoms with Crippen molar-refractivity contribution >= 4 is 17.7 Å². The first kappa shape index (κ1) is 26.5. The van der Waals surface area contributed by atoms with Gasteiger partial charge in [0.05, 0.1) is 23.4 Å². The van der Waals surface area contributed by atoms with Crippen molar-refractivity contribution in [2.45, 2.75) is 89.0 Å². The van der Waals surface area contributed by atoms with Gasteiger partial charge in [-0.25, -0.2) is 4.98 Å². The third-order valence-electron chi connectivity index (χ3n) is 6.64. The molecule has 2 atom stereocenters. The Balaban J connectivity index is 1.65. The lowest BCUT2D eigenvalue weighted by Crippen LogP contribution is -2.41. The molecule has 0 amide bonds. The molecule has 1 saturated heterocycles. The van der Waals surface area contributed by atoms with Crippen LogP contribution in [0.25, 0.3) is 22.5 Å². The van der Waals surface area contributed by atoms with Crippen LogP contribution >= 0.6 is 11.8 Å². The van der Waals surface area contributed by atoms with E-state index in [2.05, 4.69) is 95.1 Å². The second-order valence-corrected chi connectivity index (χ2v) is 13.2. The Morgan fingerprint density at radius 2 is 1.50 bits per heavy atom. The summed E-state index contributed by atoms with van der Waals surface area (Å²) < 4.78 is 5.48. The van der Waals surface area contributed by atoms with E-state index < -0.39 is 5.60 Å². The van der Waals surface area contributed by atoms with Crippen LogP contribution in [0.5, 0.6) is 0 Å². The molecule has 6 heteroatoms. The van der Waals surface area contributed by atoms with Gasteiger partial charge in [-0.3, -0.25) is 4.79 Å². The Labute approximate surface area is 219 Å². The molecule has 2 N–H and O–H groups in total. The number of benzene rings is 2. The van der Waals surface area contributed by atoms with E-state index in [0.29, 0.717) is 12.2 Å². The second kappa shape index (κ2) is 9.71. The molecule has 2 aromatic carbocycles. The maximum atomic E-state index is 11.9. The van der Waals surface area contributed by atoms with Crippen molar-refractivity contribution in [1.82, 2.24) is 9.97 Å². The van der Waals surface area contributed by atoms with Crippen molar-refractivity contribution in [2.75, 3.05) is 5.75 Å². The molecule has 0 unspecified atom stereocenters. The molecule has 0 spiro atoms. The number of nitrogens with one attached hydrogen (secondary N) is 1. The number of H-pyrrole nitrogens is 1. The maximum Gasteiger partial charge on any atom is 0.309 e. The number of aromatic amines is 1. The minimum atomic E-state index is -1.02. The number of cyclic esters (lactones) is 1. The summed E-state index contributed by atoms with van der Waals surface area (Å²) in [5.74, 6) is 0.177. The number of hydrogen-bond donors (Lipinski definition) is 2. The number of thioether (sulfide) groups is 1. The van der Waals surface area contributed by atoms with E-state index in [-0.39, 0.29) is 29.3 Å². The molecule has 1 aliphatic heterocycles. The van der Waals surface area contributed by atoms with Gasteiger partial charge < -0.3 is 14.8 Å². The number of imidazole rings is 1. The molecule has 0 radical (unpaired) electrons. The minimum absolute atomic E-state index is 0.0400. The number of carbonyl (C=O) groups is 1. The zero-order chi connectivity index (χ0) is 26.3. The van der Waals surface area contributed by atoms with E-state index in [9.17, 15) is 9.90 Å². The molecule has 0 aliphatic carbocycles. The van der Waals surface area contributed by atoms with E-state index in [1.165, 1.54) is 22.9 Å². The predicted octanol–water partition coefficient (Wildman–Crippen LogP) is 6.89. The summed E-state index contributed by atoms with van der Waals surface area (Å²) >= 11 is 1.51. The average Bonchev–Trinajstić information content (AvgIpc) is 3.20.